The molecule has 1 atom stereocenters. The first-order valence-electron chi connectivity index (χ1n) is 5.51. The van der Waals surface area contributed by atoms with Crippen molar-refractivity contribution >= 4 is 5.97 Å². The Labute approximate surface area is 107 Å². The van der Waals surface area contributed by atoms with Gasteiger partial charge < -0.3 is 14.6 Å². The van der Waals surface area contributed by atoms with Gasteiger partial charge in [-0.15, -0.1) is 13.2 Å². The molecule has 0 spiro atoms. The summed E-state index contributed by atoms with van der Waals surface area (Å²) in [6.07, 6.45) is -6.37. The number of carbonyl (C=O) groups is 1. The van der Waals surface area contributed by atoms with E-state index in [1.165, 1.54) is 12.1 Å². The van der Waals surface area contributed by atoms with E-state index in [1.54, 1.807) is 6.92 Å². The predicted octanol–water partition coefficient (Wildman–Crippen LogP) is 2.57. The van der Waals surface area contributed by atoms with E-state index in [4.69, 9.17) is 0 Å². The number of rotatable bonds is 5. The van der Waals surface area contributed by atoms with Crippen LogP contribution in [-0.4, -0.2) is 24.0 Å². The van der Waals surface area contributed by atoms with Crippen LogP contribution in [0.1, 0.15) is 25.0 Å². The lowest BCUT2D eigenvalue weighted by Crippen LogP contribution is -2.17. The second kappa shape index (κ2) is 6.42. The van der Waals surface area contributed by atoms with Crippen LogP contribution < -0.4 is 4.74 Å². The van der Waals surface area contributed by atoms with Gasteiger partial charge in [-0.05, 0) is 24.6 Å². The van der Waals surface area contributed by atoms with E-state index < -0.39 is 24.2 Å². The molecule has 19 heavy (non-hydrogen) atoms. The van der Waals surface area contributed by atoms with Gasteiger partial charge in [-0.2, -0.15) is 0 Å². The van der Waals surface area contributed by atoms with Crippen LogP contribution in [0.2, 0.25) is 0 Å². The number of hydrogen-bond acceptors (Lipinski definition) is 4. The van der Waals surface area contributed by atoms with Crippen molar-refractivity contribution in [2.24, 2.45) is 0 Å². The van der Waals surface area contributed by atoms with E-state index >= 15 is 0 Å². The summed E-state index contributed by atoms with van der Waals surface area (Å²) in [5.74, 6) is -1.08. The number of hydrogen-bond donors (Lipinski definition) is 1. The molecule has 1 aromatic rings. The molecule has 0 aliphatic carbocycles. The van der Waals surface area contributed by atoms with Crippen LogP contribution in [0.4, 0.5) is 13.2 Å². The fourth-order valence-corrected chi connectivity index (χ4v) is 1.41. The van der Waals surface area contributed by atoms with E-state index in [1.807, 2.05) is 0 Å². The summed E-state index contributed by atoms with van der Waals surface area (Å²) in [5.41, 5.74) is 0.148. The number of benzene rings is 1. The van der Waals surface area contributed by atoms with Crippen molar-refractivity contribution in [1.82, 2.24) is 0 Å². The van der Waals surface area contributed by atoms with Gasteiger partial charge in [0.25, 0.3) is 0 Å². The van der Waals surface area contributed by atoms with Gasteiger partial charge in [0.1, 0.15) is 5.75 Å². The predicted molar refractivity (Wildman–Crippen MR) is 59.3 cm³/mol. The highest BCUT2D eigenvalue weighted by molar-refractivity contribution is 5.70. The van der Waals surface area contributed by atoms with Crippen molar-refractivity contribution in [3.8, 4) is 5.75 Å². The van der Waals surface area contributed by atoms with Crippen LogP contribution in [0, 0.1) is 0 Å². The highest BCUT2D eigenvalue weighted by Crippen LogP contribution is 2.26. The summed E-state index contributed by atoms with van der Waals surface area (Å²) in [4.78, 5) is 11.1. The molecule has 1 aromatic carbocycles. The SMILES string of the molecule is CCOC(=O)CC(O)c1cccc(OC(F)(F)F)c1. The third-order valence-electron chi connectivity index (χ3n) is 2.14. The molecule has 0 saturated carbocycles. The molecule has 0 radical (unpaired) electrons. The number of carbonyl (C=O) groups excluding carboxylic acids is 1. The molecule has 0 heterocycles. The maximum atomic E-state index is 12.0. The molecule has 0 saturated heterocycles. The van der Waals surface area contributed by atoms with Crippen LogP contribution >= 0.6 is 0 Å². The monoisotopic (exact) mass is 278 g/mol. The summed E-state index contributed by atoms with van der Waals surface area (Å²) in [6.45, 7) is 1.78. The summed E-state index contributed by atoms with van der Waals surface area (Å²) >= 11 is 0. The van der Waals surface area contributed by atoms with Gasteiger partial charge in [0.15, 0.2) is 0 Å². The molecule has 1 N–H and O–H groups in total. The molecule has 0 aliphatic rings. The van der Waals surface area contributed by atoms with Crippen LogP contribution in [0.15, 0.2) is 24.3 Å². The van der Waals surface area contributed by atoms with E-state index in [9.17, 15) is 23.1 Å². The van der Waals surface area contributed by atoms with Crippen molar-refractivity contribution in [2.45, 2.75) is 25.8 Å². The van der Waals surface area contributed by atoms with E-state index in [-0.39, 0.29) is 18.6 Å². The molecule has 0 aromatic heterocycles. The molecular weight excluding hydrogens is 265 g/mol. The second-order valence-corrected chi connectivity index (χ2v) is 3.65. The minimum Gasteiger partial charge on any atom is -0.466 e. The first-order valence-corrected chi connectivity index (χ1v) is 5.51. The molecule has 0 bridgehead atoms. The quantitative estimate of drug-likeness (QED) is 0.841. The maximum Gasteiger partial charge on any atom is 0.573 e. The van der Waals surface area contributed by atoms with Gasteiger partial charge in [0.05, 0.1) is 19.1 Å². The Morgan fingerprint density at radius 3 is 2.68 bits per heavy atom. The highest BCUT2D eigenvalue weighted by Gasteiger charge is 2.31. The molecule has 106 valence electrons. The van der Waals surface area contributed by atoms with Crippen molar-refractivity contribution in [3.05, 3.63) is 29.8 Å². The van der Waals surface area contributed by atoms with Crippen LogP contribution in [0.3, 0.4) is 0 Å². The molecule has 7 heteroatoms. The topological polar surface area (TPSA) is 55.8 Å². The van der Waals surface area contributed by atoms with E-state index in [0.29, 0.717) is 0 Å². The van der Waals surface area contributed by atoms with Crippen LogP contribution in [0.25, 0.3) is 0 Å². The van der Waals surface area contributed by atoms with Crippen molar-refractivity contribution in [1.29, 1.82) is 0 Å². The molecule has 0 amide bonds. The van der Waals surface area contributed by atoms with E-state index in [0.717, 1.165) is 12.1 Å². The number of esters is 1. The number of aliphatic hydroxyl groups is 1. The second-order valence-electron chi connectivity index (χ2n) is 3.65. The van der Waals surface area contributed by atoms with Crippen molar-refractivity contribution < 1.29 is 32.5 Å². The van der Waals surface area contributed by atoms with Gasteiger partial charge in [-0.25, -0.2) is 0 Å². The number of aliphatic hydroxyl groups excluding tert-OH is 1. The lowest BCUT2D eigenvalue weighted by Gasteiger charge is -2.13. The average molecular weight is 278 g/mol. The van der Waals surface area contributed by atoms with E-state index in [2.05, 4.69) is 9.47 Å². The summed E-state index contributed by atoms with van der Waals surface area (Å²) in [6, 6.07) is 4.82. The third-order valence-corrected chi connectivity index (χ3v) is 2.14. The fourth-order valence-electron chi connectivity index (χ4n) is 1.41. The Kier molecular flexibility index (Phi) is 5.17. The summed E-state index contributed by atoms with van der Waals surface area (Å²) < 4.78 is 44.4. The van der Waals surface area contributed by atoms with Gasteiger partial charge in [-0.1, -0.05) is 12.1 Å². The third kappa shape index (κ3) is 5.60. The van der Waals surface area contributed by atoms with Crippen LogP contribution in [0.5, 0.6) is 5.75 Å². The Bertz CT molecular complexity index is 431. The fraction of sp³-hybridized carbons (Fsp3) is 0.417. The van der Waals surface area contributed by atoms with Gasteiger partial charge in [0.2, 0.25) is 0 Å². The van der Waals surface area contributed by atoms with Gasteiger partial charge in [0, 0.05) is 0 Å². The molecular formula is C12H13F3O4. The average Bonchev–Trinajstić information content (AvgIpc) is 2.27. The first kappa shape index (κ1) is 15.3. The lowest BCUT2D eigenvalue weighted by atomic mass is 10.1. The van der Waals surface area contributed by atoms with Crippen LogP contribution in [-0.2, 0) is 9.53 Å². The minimum atomic E-state index is -4.80. The first-order chi connectivity index (χ1) is 8.81. The molecule has 1 unspecified atom stereocenters. The standard InChI is InChI=1S/C12H13F3O4/c1-2-18-11(17)7-10(16)8-4-3-5-9(6-8)19-12(13,14)15/h3-6,10,16H,2,7H2,1H3. The smallest absolute Gasteiger partial charge is 0.466 e. The Morgan fingerprint density at radius 2 is 2.11 bits per heavy atom. The minimum absolute atomic E-state index is 0.148. The number of halogens is 3. The molecule has 0 aliphatic heterocycles. The highest BCUT2D eigenvalue weighted by atomic mass is 19.4. The number of ether oxygens (including phenoxy) is 2. The van der Waals surface area contributed by atoms with Crippen molar-refractivity contribution in [3.63, 3.8) is 0 Å². The van der Waals surface area contributed by atoms with Crippen molar-refractivity contribution in [2.75, 3.05) is 6.61 Å². The molecule has 1 rings (SSSR count). The maximum absolute atomic E-state index is 12.0. The largest absolute Gasteiger partial charge is 0.573 e. The zero-order valence-corrected chi connectivity index (χ0v) is 10.1. The Morgan fingerprint density at radius 1 is 1.42 bits per heavy atom. The molecule has 0 fully saturated rings. The Balaban J connectivity index is 2.73. The number of alkyl halides is 3. The normalized spacial score (nSPS) is 12.9. The zero-order chi connectivity index (χ0) is 14.5. The summed E-state index contributed by atoms with van der Waals surface area (Å²) in [5, 5.41) is 9.70. The Hall–Kier alpha value is -1.76. The van der Waals surface area contributed by atoms with Gasteiger partial charge >= 0.3 is 12.3 Å². The lowest BCUT2D eigenvalue weighted by molar-refractivity contribution is -0.274. The van der Waals surface area contributed by atoms with Gasteiger partial charge in [-0.3, -0.25) is 4.79 Å². The summed E-state index contributed by atoms with van der Waals surface area (Å²) in [7, 11) is 0. The molecule has 4 nitrogen and oxygen atoms in total. The zero-order valence-electron chi connectivity index (χ0n) is 10.1.